The number of hydrogen-bond acceptors (Lipinski definition) is 5. The third kappa shape index (κ3) is 2.87. The fourth-order valence-corrected chi connectivity index (χ4v) is 3.72. The van der Waals surface area contributed by atoms with Crippen LogP contribution in [0.1, 0.15) is 11.3 Å². The molecule has 0 amide bonds. The van der Waals surface area contributed by atoms with E-state index in [-0.39, 0.29) is 12.2 Å². The molecule has 0 bridgehead atoms. The number of fused-ring (bicyclic) bond motifs is 3. The van der Waals surface area contributed by atoms with Crippen molar-refractivity contribution in [2.24, 2.45) is 0 Å². The quantitative estimate of drug-likeness (QED) is 0.495. The van der Waals surface area contributed by atoms with E-state index in [0.29, 0.717) is 28.4 Å². The van der Waals surface area contributed by atoms with Gasteiger partial charge in [-0.3, -0.25) is 19.3 Å². The van der Waals surface area contributed by atoms with E-state index < -0.39 is 28.3 Å². The third-order valence-electron chi connectivity index (χ3n) is 5.08. The van der Waals surface area contributed by atoms with Crippen molar-refractivity contribution in [2.45, 2.75) is 6.61 Å². The molecular weight excluding hydrogens is 402 g/mol. The van der Waals surface area contributed by atoms with Crippen molar-refractivity contribution in [1.29, 1.82) is 5.26 Å². The second kappa shape index (κ2) is 7.15. The molecule has 5 rings (SSSR count). The molecule has 1 aliphatic rings. The van der Waals surface area contributed by atoms with Crippen molar-refractivity contribution in [1.82, 2.24) is 14.5 Å². The first-order chi connectivity index (χ1) is 15.1. The van der Waals surface area contributed by atoms with Gasteiger partial charge in [0.05, 0.1) is 28.7 Å². The highest BCUT2D eigenvalue weighted by Gasteiger charge is 2.27. The molecule has 1 aliphatic heterocycles. The van der Waals surface area contributed by atoms with Gasteiger partial charge in [-0.15, -0.1) is 0 Å². The summed E-state index contributed by atoms with van der Waals surface area (Å²) in [7, 11) is 0. The largest absolute Gasteiger partial charge is 0.485 e. The van der Waals surface area contributed by atoms with Crippen molar-refractivity contribution in [2.75, 3.05) is 0 Å². The van der Waals surface area contributed by atoms with Crippen molar-refractivity contribution in [3.8, 4) is 39.9 Å². The average molecular weight is 414 g/mol. The van der Waals surface area contributed by atoms with Crippen LogP contribution in [-0.4, -0.2) is 14.5 Å². The Morgan fingerprint density at radius 1 is 1.06 bits per heavy atom. The molecule has 3 aromatic heterocycles. The fourth-order valence-electron chi connectivity index (χ4n) is 3.72. The first-order valence-electron chi connectivity index (χ1n) is 9.26. The molecule has 0 saturated carbocycles. The van der Waals surface area contributed by atoms with E-state index in [4.69, 9.17) is 4.74 Å². The summed E-state index contributed by atoms with van der Waals surface area (Å²) >= 11 is 0. The standard InChI is InChI=1S/C23H12F2N4O2/c24-17-5-6-18(25)21(16(17)10-26)15-9-14-19(12-31-20-4-2-8-28-22(14)20)29(23(15)30)13-3-1-7-27-11-13/h1-9,11H,12H2. The molecular formula is C23H12F2N4O2. The lowest BCUT2D eigenvalue weighted by atomic mass is 9.95. The Balaban J connectivity index is 1.94. The predicted molar refractivity (Wildman–Crippen MR) is 107 cm³/mol. The third-order valence-corrected chi connectivity index (χ3v) is 5.08. The summed E-state index contributed by atoms with van der Waals surface area (Å²) in [6.45, 7) is 0.0647. The lowest BCUT2D eigenvalue weighted by Gasteiger charge is -2.24. The number of nitriles is 1. The van der Waals surface area contributed by atoms with Gasteiger partial charge in [-0.1, -0.05) is 0 Å². The summed E-state index contributed by atoms with van der Waals surface area (Å²) in [4.78, 5) is 22.0. The lowest BCUT2D eigenvalue weighted by Crippen LogP contribution is -2.27. The molecule has 0 saturated heterocycles. The Bertz CT molecular complexity index is 1440. The van der Waals surface area contributed by atoms with E-state index in [1.165, 1.54) is 16.8 Å². The number of hydrogen-bond donors (Lipinski definition) is 0. The Morgan fingerprint density at radius 2 is 1.87 bits per heavy atom. The summed E-state index contributed by atoms with van der Waals surface area (Å²) in [5.41, 5.74) is 0.170. The van der Waals surface area contributed by atoms with Crippen molar-refractivity contribution in [3.05, 3.63) is 94.3 Å². The number of rotatable bonds is 2. The van der Waals surface area contributed by atoms with Gasteiger partial charge in [0.2, 0.25) is 0 Å². The van der Waals surface area contributed by atoms with Crippen LogP contribution in [0.3, 0.4) is 0 Å². The van der Waals surface area contributed by atoms with Crippen LogP contribution in [-0.2, 0) is 6.61 Å². The predicted octanol–water partition coefficient (Wildman–Crippen LogP) is 4.00. The van der Waals surface area contributed by atoms with Gasteiger partial charge in [-0.05, 0) is 42.5 Å². The topological polar surface area (TPSA) is 80.8 Å². The van der Waals surface area contributed by atoms with Gasteiger partial charge < -0.3 is 4.74 Å². The van der Waals surface area contributed by atoms with Crippen LogP contribution in [0.4, 0.5) is 8.78 Å². The van der Waals surface area contributed by atoms with E-state index in [2.05, 4.69) is 9.97 Å². The van der Waals surface area contributed by atoms with Crippen LogP contribution in [0.25, 0.3) is 28.1 Å². The zero-order chi connectivity index (χ0) is 21.5. The maximum absolute atomic E-state index is 14.8. The molecule has 31 heavy (non-hydrogen) atoms. The molecule has 8 heteroatoms. The first kappa shape index (κ1) is 18.6. The zero-order valence-electron chi connectivity index (χ0n) is 15.8. The minimum absolute atomic E-state index is 0.0647. The lowest BCUT2D eigenvalue weighted by molar-refractivity contribution is 0.292. The van der Waals surface area contributed by atoms with Crippen LogP contribution in [0.15, 0.2) is 65.8 Å². The van der Waals surface area contributed by atoms with Crippen LogP contribution in [0, 0.1) is 23.0 Å². The van der Waals surface area contributed by atoms with Gasteiger partial charge >= 0.3 is 0 Å². The Labute approximate surface area is 174 Å². The second-order valence-electron chi connectivity index (χ2n) is 6.80. The normalized spacial score (nSPS) is 11.8. The number of aromatic nitrogens is 3. The molecule has 0 unspecified atom stereocenters. The van der Waals surface area contributed by atoms with E-state index in [1.54, 1.807) is 42.7 Å². The molecule has 0 radical (unpaired) electrons. The molecule has 1 aromatic carbocycles. The molecule has 150 valence electrons. The summed E-state index contributed by atoms with van der Waals surface area (Å²) in [6, 6.07) is 11.6. The van der Waals surface area contributed by atoms with Gasteiger partial charge in [0.1, 0.15) is 35.8 Å². The average Bonchev–Trinajstić information content (AvgIpc) is 2.80. The number of pyridine rings is 3. The summed E-state index contributed by atoms with van der Waals surface area (Å²) in [5.74, 6) is -1.29. The summed E-state index contributed by atoms with van der Waals surface area (Å²) in [6.07, 6.45) is 4.60. The fraction of sp³-hybridized carbons (Fsp3) is 0.0435. The van der Waals surface area contributed by atoms with Crippen molar-refractivity contribution in [3.63, 3.8) is 0 Å². The van der Waals surface area contributed by atoms with Crippen LogP contribution in [0.5, 0.6) is 5.75 Å². The highest BCUT2D eigenvalue weighted by atomic mass is 19.1. The number of benzene rings is 1. The second-order valence-corrected chi connectivity index (χ2v) is 6.80. The van der Waals surface area contributed by atoms with Crippen LogP contribution in [0.2, 0.25) is 0 Å². The van der Waals surface area contributed by atoms with Gasteiger partial charge in [0.25, 0.3) is 5.56 Å². The molecule has 4 aromatic rings. The van der Waals surface area contributed by atoms with Crippen molar-refractivity contribution >= 4 is 0 Å². The van der Waals surface area contributed by atoms with Crippen LogP contribution >= 0.6 is 0 Å². The Hall–Kier alpha value is -4.38. The summed E-state index contributed by atoms with van der Waals surface area (Å²) < 4.78 is 36.2. The number of halogens is 2. The van der Waals surface area contributed by atoms with E-state index >= 15 is 0 Å². The minimum atomic E-state index is -0.911. The van der Waals surface area contributed by atoms with Gasteiger partial charge in [-0.25, -0.2) is 8.78 Å². The highest BCUT2D eigenvalue weighted by molar-refractivity contribution is 5.79. The molecule has 0 fully saturated rings. The zero-order valence-corrected chi connectivity index (χ0v) is 15.8. The first-order valence-corrected chi connectivity index (χ1v) is 9.26. The van der Waals surface area contributed by atoms with E-state index in [1.807, 2.05) is 0 Å². The Morgan fingerprint density at radius 3 is 2.65 bits per heavy atom. The number of nitrogens with zero attached hydrogens (tertiary/aromatic N) is 4. The van der Waals surface area contributed by atoms with Gasteiger partial charge in [0, 0.05) is 23.5 Å². The van der Waals surface area contributed by atoms with Crippen molar-refractivity contribution < 1.29 is 13.5 Å². The maximum atomic E-state index is 14.8. The SMILES string of the molecule is N#Cc1c(F)ccc(F)c1-c1cc2c(n(-c3cccnc3)c1=O)COc1cccnc1-2. The summed E-state index contributed by atoms with van der Waals surface area (Å²) in [5, 5.41) is 9.45. The molecule has 0 aliphatic carbocycles. The molecule has 0 spiro atoms. The van der Waals surface area contributed by atoms with E-state index in [9.17, 15) is 18.8 Å². The Kier molecular flexibility index (Phi) is 4.30. The monoisotopic (exact) mass is 414 g/mol. The highest BCUT2D eigenvalue weighted by Crippen LogP contribution is 2.38. The molecule has 0 atom stereocenters. The smallest absolute Gasteiger partial charge is 0.263 e. The molecule has 4 heterocycles. The van der Waals surface area contributed by atoms with E-state index in [0.717, 1.165) is 12.1 Å². The molecule has 6 nitrogen and oxygen atoms in total. The van der Waals surface area contributed by atoms with Gasteiger partial charge in [-0.2, -0.15) is 5.26 Å². The maximum Gasteiger partial charge on any atom is 0.263 e. The minimum Gasteiger partial charge on any atom is -0.485 e. The van der Waals surface area contributed by atoms with Gasteiger partial charge in [0.15, 0.2) is 0 Å². The number of ether oxygens (including phenoxy) is 1. The molecule has 0 N–H and O–H groups in total. The van der Waals surface area contributed by atoms with Crippen LogP contribution < -0.4 is 10.3 Å².